The second kappa shape index (κ2) is 8.38. The maximum Gasteiger partial charge on any atom is 0.152 e. The van der Waals surface area contributed by atoms with Crippen molar-refractivity contribution in [3.05, 3.63) is 77.5 Å². The van der Waals surface area contributed by atoms with Crippen molar-refractivity contribution in [3.63, 3.8) is 0 Å². The van der Waals surface area contributed by atoms with E-state index in [0.29, 0.717) is 0 Å². The van der Waals surface area contributed by atoms with Crippen LogP contribution in [0.1, 0.15) is 12.5 Å². The minimum Gasteiger partial charge on any atom is -0.295 e. The third kappa shape index (κ3) is 7.42. The van der Waals surface area contributed by atoms with E-state index < -0.39 is 8.07 Å². The van der Waals surface area contributed by atoms with Crippen molar-refractivity contribution in [2.75, 3.05) is 0 Å². The Morgan fingerprint density at radius 1 is 0.905 bits per heavy atom. The largest absolute Gasteiger partial charge is 0.295 e. The van der Waals surface area contributed by atoms with Gasteiger partial charge in [-0.2, -0.15) is 0 Å². The predicted octanol–water partition coefficient (Wildman–Crippen LogP) is 5.21. The highest BCUT2D eigenvalue weighted by Gasteiger charge is 2.16. The highest BCUT2D eigenvalue weighted by molar-refractivity contribution is 6.84. The first-order chi connectivity index (χ1) is 9.89. The van der Waals surface area contributed by atoms with Crippen LogP contribution in [0.2, 0.25) is 19.6 Å². The molecule has 2 heteroatoms. The molecule has 0 spiro atoms. The van der Waals surface area contributed by atoms with Crippen LogP contribution >= 0.6 is 0 Å². The van der Waals surface area contributed by atoms with Crippen molar-refractivity contribution >= 4 is 19.9 Å². The first kappa shape index (κ1) is 17.1. The fraction of sp³-hybridized carbons (Fsp3) is 0.211. The van der Waals surface area contributed by atoms with E-state index in [2.05, 4.69) is 56.1 Å². The quantitative estimate of drug-likeness (QED) is 0.400. The SMILES string of the molecule is CC(=O)/C=C/C=C/C=C/C(=C\c1ccccc1)[Si](C)(C)C. The summed E-state index contributed by atoms with van der Waals surface area (Å²) in [6, 6.07) is 10.4. The van der Waals surface area contributed by atoms with Crippen LogP contribution < -0.4 is 0 Å². The van der Waals surface area contributed by atoms with E-state index in [1.54, 1.807) is 19.1 Å². The molecule has 0 heterocycles. The van der Waals surface area contributed by atoms with E-state index in [0.717, 1.165) is 0 Å². The van der Waals surface area contributed by atoms with Gasteiger partial charge in [0.05, 0.1) is 8.07 Å². The summed E-state index contributed by atoms with van der Waals surface area (Å²) in [6.45, 7) is 8.56. The van der Waals surface area contributed by atoms with Crippen LogP contribution in [-0.4, -0.2) is 13.9 Å². The molecule has 1 aromatic rings. The molecule has 1 aromatic carbocycles. The molecule has 0 saturated heterocycles. The molecular weight excluding hydrogens is 272 g/mol. The number of hydrogen-bond acceptors (Lipinski definition) is 1. The summed E-state index contributed by atoms with van der Waals surface area (Å²) in [5, 5.41) is 1.40. The summed E-state index contributed by atoms with van der Waals surface area (Å²) in [5.41, 5.74) is 1.24. The molecule has 0 atom stereocenters. The number of benzene rings is 1. The van der Waals surface area contributed by atoms with Crippen molar-refractivity contribution < 1.29 is 4.79 Å². The summed E-state index contributed by atoms with van der Waals surface area (Å²) < 4.78 is 0. The fourth-order valence-electron chi connectivity index (χ4n) is 1.72. The van der Waals surface area contributed by atoms with E-state index >= 15 is 0 Å². The van der Waals surface area contributed by atoms with E-state index in [9.17, 15) is 4.79 Å². The zero-order chi connectivity index (χ0) is 15.7. The molecule has 1 nitrogen and oxygen atoms in total. The van der Waals surface area contributed by atoms with Crippen LogP contribution in [0.5, 0.6) is 0 Å². The van der Waals surface area contributed by atoms with Crippen LogP contribution in [0.15, 0.2) is 72.0 Å². The Morgan fingerprint density at radius 3 is 2.00 bits per heavy atom. The van der Waals surface area contributed by atoms with Gasteiger partial charge in [-0.05, 0) is 18.6 Å². The van der Waals surface area contributed by atoms with Gasteiger partial charge >= 0.3 is 0 Å². The lowest BCUT2D eigenvalue weighted by Crippen LogP contribution is -2.22. The molecule has 0 amide bonds. The Labute approximate surface area is 129 Å². The number of rotatable bonds is 6. The van der Waals surface area contributed by atoms with Gasteiger partial charge in [0.15, 0.2) is 5.78 Å². The van der Waals surface area contributed by atoms with Crippen LogP contribution in [0.3, 0.4) is 0 Å². The predicted molar refractivity (Wildman–Crippen MR) is 95.9 cm³/mol. The molecule has 0 aliphatic rings. The van der Waals surface area contributed by atoms with Crippen LogP contribution in [0, 0.1) is 0 Å². The zero-order valence-corrected chi connectivity index (χ0v) is 14.3. The summed E-state index contributed by atoms with van der Waals surface area (Å²) in [6.07, 6.45) is 13.6. The van der Waals surface area contributed by atoms with E-state index in [1.165, 1.54) is 10.8 Å². The maximum absolute atomic E-state index is 10.8. The topological polar surface area (TPSA) is 17.1 Å². The molecule has 0 radical (unpaired) electrons. The molecule has 0 aliphatic heterocycles. The molecule has 0 fully saturated rings. The molecule has 110 valence electrons. The third-order valence-corrected chi connectivity index (χ3v) is 4.97. The molecular formula is C19H24OSi. The van der Waals surface area contributed by atoms with Gasteiger partial charge in [-0.25, -0.2) is 0 Å². The molecule has 0 N–H and O–H groups in total. The Hall–Kier alpha value is -1.93. The minimum atomic E-state index is -1.39. The van der Waals surface area contributed by atoms with Crippen molar-refractivity contribution in [2.45, 2.75) is 26.6 Å². The van der Waals surface area contributed by atoms with Gasteiger partial charge in [-0.3, -0.25) is 4.79 Å². The Balaban J connectivity index is 2.86. The average molecular weight is 296 g/mol. The second-order valence-corrected chi connectivity index (χ2v) is 11.1. The van der Waals surface area contributed by atoms with Gasteiger partial charge in [0.25, 0.3) is 0 Å². The van der Waals surface area contributed by atoms with Gasteiger partial charge < -0.3 is 0 Å². The lowest BCUT2D eigenvalue weighted by molar-refractivity contribution is -0.112. The highest BCUT2D eigenvalue weighted by Crippen LogP contribution is 2.19. The fourth-order valence-corrected chi connectivity index (χ4v) is 2.92. The summed E-state index contributed by atoms with van der Waals surface area (Å²) in [7, 11) is -1.39. The monoisotopic (exact) mass is 296 g/mol. The summed E-state index contributed by atoms with van der Waals surface area (Å²) in [5.74, 6) is 0.0652. The molecule has 0 aliphatic carbocycles. The lowest BCUT2D eigenvalue weighted by atomic mass is 10.2. The first-order valence-corrected chi connectivity index (χ1v) is 10.7. The highest BCUT2D eigenvalue weighted by atomic mass is 28.3. The smallest absolute Gasteiger partial charge is 0.152 e. The van der Waals surface area contributed by atoms with E-state index in [1.807, 2.05) is 24.3 Å². The Bertz CT molecular complexity index is 569. The Kier molecular flexibility index (Phi) is 6.83. The van der Waals surface area contributed by atoms with Gasteiger partial charge in [-0.1, -0.05) is 91.6 Å². The molecule has 21 heavy (non-hydrogen) atoms. The number of carbonyl (C=O) groups excluding carboxylic acids is 1. The normalized spacial score (nSPS) is 13.6. The van der Waals surface area contributed by atoms with Crippen LogP contribution in [-0.2, 0) is 4.79 Å². The van der Waals surface area contributed by atoms with Gasteiger partial charge in [0.2, 0.25) is 0 Å². The minimum absolute atomic E-state index is 0.0652. The van der Waals surface area contributed by atoms with E-state index in [-0.39, 0.29) is 5.78 Å². The molecule has 1 rings (SSSR count). The van der Waals surface area contributed by atoms with Crippen molar-refractivity contribution in [1.82, 2.24) is 0 Å². The second-order valence-electron chi connectivity index (χ2n) is 5.97. The standard InChI is InChI=1S/C19H24OSi/c1-17(20)12-8-5-6-11-15-19(21(2,3)4)16-18-13-9-7-10-14-18/h5-16H,1-4H3/b6-5+,12-8+,15-11+,19-16+. The zero-order valence-electron chi connectivity index (χ0n) is 13.3. The van der Waals surface area contributed by atoms with E-state index in [4.69, 9.17) is 0 Å². The maximum atomic E-state index is 10.8. The first-order valence-electron chi connectivity index (χ1n) is 7.19. The van der Waals surface area contributed by atoms with Crippen molar-refractivity contribution in [3.8, 4) is 0 Å². The Morgan fingerprint density at radius 2 is 1.48 bits per heavy atom. The third-order valence-electron chi connectivity index (χ3n) is 2.93. The number of carbonyl (C=O) groups is 1. The number of ketones is 1. The van der Waals surface area contributed by atoms with Crippen LogP contribution in [0.25, 0.3) is 6.08 Å². The number of allylic oxidation sites excluding steroid dienone is 7. The summed E-state index contributed by atoms with van der Waals surface area (Å²) >= 11 is 0. The van der Waals surface area contributed by atoms with Gasteiger partial charge in [0, 0.05) is 0 Å². The van der Waals surface area contributed by atoms with Crippen molar-refractivity contribution in [2.24, 2.45) is 0 Å². The molecule has 0 unspecified atom stereocenters. The van der Waals surface area contributed by atoms with Gasteiger partial charge in [0.1, 0.15) is 0 Å². The van der Waals surface area contributed by atoms with Crippen molar-refractivity contribution in [1.29, 1.82) is 0 Å². The number of hydrogen-bond donors (Lipinski definition) is 0. The molecule has 0 aromatic heterocycles. The molecule has 0 saturated carbocycles. The van der Waals surface area contributed by atoms with Gasteiger partial charge in [-0.15, -0.1) is 0 Å². The molecule has 0 bridgehead atoms. The average Bonchev–Trinajstić information content (AvgIpc) is 2.41. The lowest BCUT2D eigenvalue weighted by Gasteiger charge is -2.18. The van der Waals surface area contributed by atoms with Crippen LogP contribution in [0.4, 0.5) is 0 Å². The summed E-state index contributed by atoms with van der Waals surface area (Å²) in [4.78, 5) is 10.8.